The van der Waals surface area contributed by atoms with Crippen LogP contribution in [-0.2, 0) is 0 Å². The van der Waals surface area contributed by atoms with E-state index in [0.717, 1.165) is 29.4 Å². The van der Waals surface area contributed by atoms with Gasteiger partial charge in [-0.05, 0) is 6.92 Å². The number of thiazole rings is 1. The number of rotatable bonds is 8. The second kappa shape index (κ2) is 7.87. The Morgan fingerprint density at radius 3 is 2.32 bits per heavy atom. The van der Waals surface area contributed by atoms with Crippen LogP contribution in [0.3, 0.4) is 0 Å². The van der Waals surface area contributed by atoms with E-state index in [-0.39, 0.29) is 6.04 Å². The largest absolute Gasteiger partial charge is 0.284 e. The van der Waals surface area contributed by atoms with E-state index < -0.39 is 0 Å². The summed E-state index contributed by atoms with van der Waals surface area (Å²) in [6.45, 7) is 15.3. The number of aryl methyl sites for hydroxylation is 1. The van der Waals surface area contributed by atoms with Crippen LogP contribution in [0.4, 0.5) is 0 Å². The summed E-state index contributed by atoms with van der Waals surface area (Å²) in [6, 6.07) is 8.54. The van der Waals surface area contributed by atoms with Crippen molar-refractivity contribution >= 4 is 11.3 Å². The molecule has 0 spiro atoms. The van der Waals surface area contributed by atoms with Gasteiger partial charge in [0, 0.05) is 24.0 Å². The highest BCUT2D eigenvalue weighted by Crippen LogP contribution is 2.29. The number of benzene rings is 1. The van der Waals surface area contributed by atoms with Crippen LogP contribution in [0.1, 0.15) is 17.3 Å². The minimum atomic E-state index is 0.0754. The highest BCUT2D eigenvalue weighted by Gasteiger charge is 2.18. The standard InChI is InChI=1S/C19H22N2S/c1-5-12-21(13-6-2)18(7-3)17-14-22-19(20-17)16-10-8-15(4)9-11-16/h5-11,14,18H,1-3,12-13H2,4H3. The second-order valence-corrected chi connectivity index (χ2v) is 6.01. The fraction of sp³-hybridized carbons (Fsp3) is 0.211. The van der Waals surface area contributed by atoms with Gasteiger partial charge >= 0.3 is 0 Å². The van der Waals surface area contributed by atoms with Crippen LogP contribution in [0.15, 0.2) is 67.6 Å². The Labute approximate surface area is 137 Å². The molecule has 22 heavy (non-hydrogen) atoms. The maximum atomic E-state index is 4.80. The molecule has 0 aliphatic heterocycles. The van der Waals surface area contributed by atoms with Gasteiger partial charge in [-0.15, -0.1) is 31.1 Å². The van der Waals surface area contributed by atoms with Crippen LogP contribution in [0.5, 0.6) is 0 Å². The molecule has 0 N–H and O–H groups in total. The summed E-state index contributed by atoms with van der Waals surface area (Å²) < 4.78 is 0. The number of hydrogen-bond acceptors (Lipinski definition) is 3. The Balaban J connectivity index is 2.27. The molecule has 0 saturated carbocycles. The third kappa shape index (κ3) is 3.81. The third-order valence-corrected chi connectivity index (χ3v) is 4.38. The monoisotopic (exact) mass is 310 g/mol. The van der Waals surface area contributed by atoms with Gasteiger partial charge in [-0.1, -0.05) is 48.1 Å². The molecule has 0 amide bonds. The summed E-state index contributed by atoms with van der Waals surface area (Å²) in [5.74, 6) is 0. The van der Waals surface area contributed by atoms with Crippen molar-refractivity contribution in [2.45, 2.75) is 13.0 Å². The fourth-order valence-corrected chi connectivity index (χ4v) is 3.20. The molecule has 1 unspecified atom stereocenters. The van der Waals surface area contributed by atoms with Gasteiger partial charge in [-0.3, -0.25) is 4.90 Å². The van der Waals surface area contributed by atoms with Crippen molar-refractivity contribution in [3.8, 4) is 10.6 Å². The van der Waals surface area contributed by atoms with Crippen molar-refractivity contribution < 1.29 is 0 Å². The number of hydrogen-bond donors (Lipinski definition) is 0. The summed E-state index contributed by atoms with van der Waals surface area (Å²) >= 11 is 1.67. The average molecular weight is 310 g/mol. The zero-order valence-corrected chi connectivity index (χ0v) is 13.9. The fourth-order valence-electron chi connectivity index (χ4n) is 2.34. The molecule has 2 nitrogen and oxygen atoms in total. The van der Waals surface area contributed by atoms with Gasteiger partial charge < -0.3 is 0 Å². The average Bonchev–Trinajstić information content (AvgIpc) is 2.99. The Morgan fingerprint density at radius 2 is 1.77 bits per heavy atom. The lowest BCUT2D eigenvalue weighted by Crippen LogP contribution is -2.28. The molecular formula is C19H22N2S. The normalized spacial score (nSPS) is 12.1. The summed E-state index contributed by atoms with van der Waals surface area (Å²) in [5, 5.41) is 3.15. The molecule has 1 heterocycles. The van der Waals surface area contributed by atoms with Crippen LogP contribution in [-0.4, -0.2) is 23.0 Å². The van der Waals surface area contributed by atoms with Gasteiger partial charge in [0.25, 0.3) is 0 Å². The molecule has 0 bridgehead atoms. The van der Waals surface area contributed by atoms with Crippen LogP contribution in [0.2, 0.25) is 0 Å². The first-order valence-electron chi connectivity index (χ1n) is 7.30. The molecule has 1 aromatic carbocycles. The van der Waals surface area contributed by atoms with Gasteiger partial charge in [-0.2, -0.15) is 0 Å². The third-order valence-electron chi connectivity index (χ3n) is 3.47. The van der Waals surface area contributed by atoms with E-state index in [9.17, 15) is 0 Å². The minimum absolute atomic E-state index is 0.0754. The van der Waals surface area contributed by atoms with Crippen LogP contribution >= 0.6 is 11.3 Å². The smallest absolute Gasteiger partial charge is 0.123 e. The van der Waals surface area contributed by atoms with Crippen molar-refractivity contribution in [1.29, 1.82) is 0 Å². The highest BCUT2D eigenvalue weighted by atomic mass is 32.1. The molecule has 0 saturated heterocycles. The highest BCUT2D eigenvalue weighted by molar-refractivity contribution is 7.13. The summed E-state index contributed by atoms with van der Waals surface area (Å²) in [5.41, 5.74) is 3.44. The molecule has 0 aliphatic carbocycles. The van der Waals surface area contributed by atoms with Gasteiger partial charge in [0.2, 0.25) is 0 Å². The first-order chi connectivity index (χ1) is 10.7. The lowest BCUT2D eigenvalue weighted by atomic mass is 10.1. The topological polar surface area (TPSA) is 16.1 Å². The molecule has 0 aliphatic rings. The number of nitrogens with zero attached hydrogens (tertiary/aromatic N) is 2. The van der Waals surface area contributed by atoms with Gasteiger partial charge in [-0.25, -0.2) is 4.98 Å². The lowest BCUT2D eigenvalue weighted by Gasteiger charge is -2.25. The molecule has 2 aromatic rings. The van der Waals surface area contributed by atoms with E-state index in [2.05, 4.69) is 61.2 Å². The van der Waals surface area contributed by atoms with Gasteiger partial charge in [0.05, 0.1) is 11.7 Å². The molecule has 1 aromatic heterocycles. The van der Waals surface area contributed by atoms with Crippen molar-refractivity contribution in [2.24, 2.45) is 0 Å². The molecule has 0 fully saturated rings. The van der Waals surface area contributed by atoms with Crippen LogP contribution in [0, 0.1) is 6.92 Å². The predicted octanol–water partition coefficient (Wildman–Crippen LogP) is 5.02. The van der Waals surface area contributed by atoms with Crippen molar-refractivity contribution in [2.75, 3.05) is 13.1 Å². The van der Waals surface area contributed by atoms with E-state index in [0.29, 0.717) is 0 Å². The molecule has 1 atom stereocenters. The zero-order valence-electron chi connectivity index (χ0n) is 13.0. The van der Waals surface area contributed by atoms with Crippen molar-refractivity contribution in [1.82, 2.24) is 9.88 Å². The molecule has 0 radical (unpaired) electrons. The van der Waals surface area contributed by atoms with E-state index in [1.807, 2.05) is 18.2 Å². The maximum Gasteiger partial charge on any atom is 0.123 e. The van der Waals surface area contributed by atoms with E-state index >= 15 is 0 Å². The molecule has 3 heteroatoms. The lowest BCUT2D eigenvalue weighted by molar-refractivity contribution is 0.282. The Kier molecular flexibility index (Phi) is 5.87. The first-order valence-corrected chi connectivity index (χ1v) is 8.18. The Bertz CT molecular complexity index is 630. The Hall–Kier alpha value is -1.97. The minimum Gasteiger partial charge on any atom is -0.284 e. The summed E-state index contributed by atoms with van der Waals surface area (Å²) in [7, 11) is 0. The van der Waals surface area contributed by atoms with E-state index in [4.69, 9.17) is 4.98 Å². The summed E-state index contributed by atoms with van der Waals surface area (Å²) in [4.78, 5) is 7.04. The van der Waals surface area contributed by atoms with E-state index in [1.54, 1.807) is 11.3 Å². The van der Waals surface area contributed by atoms with Gasteiger partial charge in [0.1, 0.15) is 5.01 Å². The van der Waals surface area contributed by atoms with Crippen molar-refractivity contribution in [3.63, 3.8) is 0 Å². The van der Waals surface area contributed by atoms with Gasteiger partial charge in [0.15, 0.2) is 0 Å². The molecule has 114 valence electrons. The second-order valence-electron chi connectivity index (χ2n) is 5.16. The van der Waals surface area contributed by atoms with Crippen LogP contribution < -0.4 is 0 Å². The van der Waals surface area contributed by atoms with E-state index in [1.165, 1.54) is 5.56 Å². The maximum absolute atomic E-state index is 4.80. The SMILES string of the molecule is C=CCN(CC=C)C(C=C)c1csc(-c2ccc(C)cc2)n1. The quantitative estimate of drug-likeness (QED) is 0.636. The Morgan fingerprint density at radius 1 is 1.14 bits per heavy atom. The summed E-state index contributed by atoms with van der Waals surface area (Å²) in [6.07, 6.45) is 5.72. The predicted molar refractivity (Wildman–Crippen MR) is 97.2 cm³/mol. The molecule has 2 rings (SSSR count). The first kappa shape index (κ1) is 16.4. The van der Waals surface area contributed by atoms with Crippen molar-refractivity contribution in [3.05, 3.63) is 78.9 Å². The zero-order chi connectivity index (χ0) is 15.9. The van der Waals surface area contributed by atoms with Crippen LogP contribution in [0.25, 0.3) is 10.6 Å². The molecular weight excluding hydrogens is 288 g/mol. The number of aromatic nitrogens is 1.